The first-order valence-electron chi connectivity index (χ1n) is 5.28. The van der Waals surface area contributed by atoms with E-state index in [1.807, 2.05) is 19.3 Å². The van der Waals surface area contributed by atoms with E-state index >= 15 is 0 Å². The van der Waals surface area contributed by atoms with Crippen molar-refractivity contribution >= 4 is 5.78 Å². The zero-order valence-electron chi connectivity index (χ0n) is 8.31. The second-order valence-electron chi connectivity index (χ2n) is 4.66. The van der Waals surface area contributed by atoms with Gasteiger partial charge in [-0.05, 0) is 37.2 Å². The average molecular weight is 190 g/mol. The number of ketones is 1. The largest absolute Gasteiger partial charge is 0.292 e. The summed E-state index contributed by atoms with van der Waals surface area (Å²) in [5, 5.41) is 4.16. The van der Waals surface area contributed by atoms with E-state index < -0.39 is 0 Å². The lowest BCUT2D eigenvalue weighted by molar-refractivity contribution is 0.0908. The van der Waals surface area contributed by atoms with Gasteiger partial charge >= 0.3 is 0 Å². The lowest BCUT2D eigenvalue weighted by atomic mass is 9.96. The summed E-state index contributed by atoms with van der Waals surface area (Å²) in [6.45, 7) is 0. The quantitative estimate of drug-likeness (QED) is 0.664. The Bertz CT molecular complexity index is 372. The molecule has 3 nitrogen and oxygen atoms in total. The highest BCUT2D eigenvalue weighted by Crippen LogP contribution is 2.54. The average Bonchev–Trinajstić information content (AvgIpc) is 2.64. The molecular weight excluding hydrogens is 176 g/mol. The minimum Gasteiger partial charge on any atom is -0.292 e. The molecule has 14 heavy (non-hydrogen) atoms. The fourth-order valence-corrected chi connectivity index (χ4v) is 2.68. The lowest BCUT2D eigenvalue weighted by Gasteiger charge is -2.07. The molecule has 0 saturated heterocycles. The van der Waals surface area contributed by atoms with E-state index in [9.17, 15) is 4.79 Å². The molecule has 2 unspecified atom stereocenters. The van der Waals surface area contributed by atoms with Crippen molar-refractivity contribution in [3.63, 3.8) is 0 Å². The van der Waals surface area contributed by atoms with Gasteiger partial charge < -0.3 is 0 Å². The highest BCUT2D eigenvalue weighted by molar-refractivity contribution is 5.96. The first-order valence-corrected chi connectivity index (χ1v) is 5.28. The molecule has 3 heteroatoms. The smallest absolute Gasteiger partial charge is 0.186 e. The van der Waals surface area contributed by atoms with Gasteiger partial charge in [-0.3, -0.25) is 9.48 Å². The summed E-state index contributed by atoms with van der Waals surface area (Å²) in [5.41, 5.74) is 0.652. The third-order valence-electron chi connectivity index (χ3n) is 3.58. The van der Waals surface area contributed by atoms with Gasteiger partial charge in [0, 0.05) is 19.2 Å². The van der Waals surface area contributed by atoms with Crippen molar-refractivity contribution < 1.29 is 4.79 Å². The molecule has 3 rings (SSSR count). The molecule has 74 valence electrons. The topological polar surface area (TPSA) is 34.9 Å². The van der Waals surface area contributed by atoms with Crippen molar-refractivity contribution in [3.8, 4) is 0 Å². The predicted octanol–water partition coefficient (Wildman–Crippen LogP) is 1.65. The summed E-state index contributed by atoms with van der Waals surface area (Å²) in [4.78, 5) is 12.0. The third kappa shape index (κ3) is 1.19. The zero-order chi connectivity index (χ0) is 9.71. The number of aryl methyl sites for hydroxylation is 1. The van der Waals surface area contributed by atoms with Crippen LogP contribution in [0.25, 0.3) is 0 Å². The number of fused-ring (bicyclic) bond motifs is 1. The highest BCUT2D eigenvalue weighted by Gasteiger charge is 2.48. The van der Waals surface area contributed by atoms with Gasteiger partial charge in [-0.15, -0.1) is 0 Å². The van der Waals surface area contributed by atoms with E-state index in [1.165, 1.54) is 6.42 Å². The maximum Gasteiger partial charge on any atom is 0.186 e. The second kappa shape index (κ2) is 2.69. The summed E-state index contributed by atoms with van der Waals surface area (Å²) >= 11 is 0. The Morgan fingerprint density at radius 3 is 2.71 bits per heavy atom. The third-order valence-corrected chi connectivity index (χ3v) is 3.58. The van der Waals surface area contributed by atoms with Crippen LogP contribution in [0, 0.1) is 17.8 Å². The Balaban J connectivity index is 1.76. The van der Waals surface area contributed by atoms with Crippen LogP contribution in [0.3, 0.4) is 0 Å². The maximum atomic E-state index is 12.0. The normalized spacial score (nSPS) is 34.2. The molecule has 2 atom stereocenters. The molecule has 0 aliphatic heterocycles. The molecule has 0 spiro atoms. The summed E-state index contributed by atoms with van der Waals surface area (Å²) < 4.78 is 1.70. The van der Waals surface area contributed by atoms with E-state index in [2.05, 4.69) is 5.10 Å². The summed E-state index contributed by atoms with van der Waals surface area (Å²) in [6, 6.07) is 1.83. The van der Waals surface area contributed by atoms with Crippen molar-refractivity contribution in [1.29, 1.82) is 0 Å². The molecule has 0 N–H and O–H groups in total. The fourth-order valence-electron chi connectivity index (χ4n) is 2.68. The number of nitrogens with zero attached hydrogens (tertiary/aromatic N) is 2. The van der Waals surface area contributed by atoms with Crippen molar-refractivity contribution in [2.75, 3.05) is 0 Å². The molecule has 0 amide bonds. The molecule has 1 aromatic heterocycles. The predicted molar refractivity (Wildman–Crippen MR) is 51.9 cm³/mol. The van der Waals surface area contributed by atoms with Gasteiger partial charge in [0.1, 0.15) is 5.69 Å². The van der Waals surface area contributed by atoms with E-state index in [0.29, 0.717) is 5.69 Å². The summed E-state index contributed by atoms with van der Waals surface area (Å²) in [6.07, 6.45) is 5.43. The molecule has 1 aromatic rings. The Labute approximate surface area is 83.1 Å². The molecule has 2 fully saturated rings. The minimum atomic E-state index is 0.262. The maximum absolute atomic E-state index is 12.0. The van der Waals surface area contributed by atoms with Gasteiger partial charge in [0.15, 0.2) is 5.78 Å². The number of aromatic nitrogens is 2. The van der Waals surface area contributed by atoms with Crippen molar-refractivity contribution in [2.24, 2.45) is 24.8 Å². The van der Waals surface area contributed by atoms with E-state index in [-0.39, 0.29) is 11.7 Å². The van der Waals surface area contributed by atoms with Crippen LogP contribution >= 0.6 is 0 Å². The van der Waals surface area contributed by atoms with Crippen LogP contribution in [0.4, 0.5) is 0 Å². The Kier molecular flexibility index (Phi) is 1.58. The van der Waals surface area contributed by atoms with Crippen molar-refractivity contribution in [3.05, 3.63) is 18.0 Å². The second-order valence-corrected chi connectivity index (χ2v) is 4.66. The first kappa shape index (κ1) is 8.21. The van der Waals surface area contributed by atoms with E-state index in [4.69, 9.17) is 0 Å². The standard InChI is InChI=1S/C11H14N2O/c1-13-3-2-10(12-13)11(14)9-5-7-4-8(7)6-9/h2-3,7-9H,4-6H2,1H3. The molecule has 2 aliphatic rings. The van der Waals surface area contributed by atoms with Crippen molar-refractivity contribution in [1.82, 2.24) is 9.78 Å². The molecule has 0 bridgehead atoms. The number of Topliss-reactive ketones (excluding diaryl/α,β-unsaturated/α-hetero) is 1. The number of hydrogen-bond donors (Lipinski definition) is 0. The van der Waals surface area contributed by atoms with Crippen LogP contribution in [0.2, 0.25) is 0 Å². The molecule has 1 heterocycles. The van der Waals surface area contributed by atoms with Crippen LogP contribution in [-0.2, 0) is 7.05 Å². The minimum absolute atomic E-state index is 0.262. The van der Waals surface area contributed by atoms with Crippen LogP contribution in [0.1, 0.15) is 29.8 Å². The SMILES string of the molecule is Cn1ccc(C(=O)C2CC3CC3C2)n1. The van der Waals surface area contributed by atoms with Gasteiger partial charge in [0.2, 0.25) is 0 Å². The number of hydrogen-bond acceptors (Lipinski definition) is 2. The molecule has 0 radical (unpaired) electrons. The molecule has 2 aliphatic carbocycles. The van der Waals surface area contributed by atoms with Gasteiger partial charge in [-0.2, -0.15) is 5.10 Å². The first-order chi connectivity index (χ1) is 6.74. The van der Waals surface area contributed by atoms with E-state index in [1.54, 1.807) is 4.68 Å². The van der Waals surface area contributed by atoms with Crippen LogP contribution in [0.15, 0.2) is 12.3 Å². The molecule has 2 saturated carbocycles. The molecule has 0 aromatic carbocycles. The monoisotopic (exact) mass is 190 g/mol. The number of carbonyl (C=O) groups is 1. The van der Waals surface area contributed by atoms with Crippen molar-refractivity contribution in [2.45, 2.75) is 19.3 Å². The van der Waals surface area contributed by atoms with E-state index in [0.717, 1.165) is 24.7 Å². The van der Waals surface area contributed by atoms with Crippen LogP contribution < -0.4 is 0 Å². The summed E-state index contributed by atoms with van der Waals surface area (Å²) in [5.74, 6) is 2.27. The Morgan fingerprint density at radius 2 is 2.14 bits per heavy atom. The van der Waals surface area contributed by atoms with Gasteiger partial charge in [-0.1, -0.05) is 0 Å². The highest BCUT2D eigenvalue weighted by atomic mass is 16.1. The zero-order valence-corrected chi connectivity index (χ0v) is 8.31. The lowest BCUT2D eigenvalue weighted by Crippen LogP contribution is -2.13. The van der Waals surface area contributed by atoms with Crippen LogP contribution in [-0.4, -0.2) is 15.6 Å². The Morgan fingerprint density at radius 1 is 1.43 bits per heavy atom. The number of rotatable bonds is 2. The molecular formula is C11H14N2O. The number of carbonyl (C=O) groups excluding carboxylic acids is 1. The summed E-state index contributed by atoms with van der Waals surface area (Å²) in [7, 11) is 1.85. The van der Waals surface area contributed by atoms with Gasteiger partial charge in [0.25, 0.3) is 0 Å². The van der Waals surface area contributed by atoms with Gasteiger partial charge in [0.05, 0.1) is 0 Å². The Hall–Kier alpha value is -1.12. The van der Waals surface area contributed by atoms with Gasteiger partial charge in [-0.25, -0.2) is 0 Å². The fraction of sp³-hybridized carbons (Fsp3) is 0.636. The van der Waals surface area contributed by atoms with Crippen LogP contribution in [0.5, 0.6) is 0 Å².